The number of carbonyl (C=O) groups excluding carboxylic acids is 3. The van der Waals surface area contributed by atoms with Crippen LogP contribution in [-0.4, -0.2) is 76.3 Å². The van der Waals surface area contributed by atoms with Gasteiger partial charge in [0.25, 0.3) is 5.91 Å². The molecule has 1 saturated heterocycles. The van der Waals surface area contributed by atoms with Crippen LogP contribution in [0.1, 0.15) is 30.1 Å². The van der Waals surface area contributed by atoms with Crippen LogP contribution in [0.2, 0.25) is 5.02 Å². The number of piperidine rings is 1. The molecule has 1 N–H and O–H groups in total. The van der Waals surface area contributed by atoms with Gasteiger partial charge in [-0.3, -0.25) is 14.4 Å². The van der Waals surface area contributed by atoms with E-state index in [9.17, 15) is 22.8 Å². The number of hydrogen-bond donors (Lipinski definition) is 1. The van der Waals surface area contributed by atoms with Crippen LogP contribution in [0.5, 0.6) is 0 Å². The van der Waals surface area contributed by atoms with Crippen LogP contribution >= 0.6 is 11.6 Å². The minimum absolute atomic E-state index is 0.0219. The van der Waals surface area contributed by atoms with E-state index in [0.29, 0.717) is 19.4 Å². The zero-order chi connectivity index (χ0) is 22.5. The number of esters is 1. The number of likely N-dealkylation sites (tertiary alicyclic amines) is 1. The van der Waals surface area contributed by atoms with Crippen LogP contribution in [-0.2, 0) is 24.3 Å². The lowest BCUT2D eigenvalue weighted by atomic mass is 9.98. The summed E-state index contributed by atoms with van der Waals surface area (Å²) in [4.78, 5) is 40.0. The molecule has 9 nitrogen and oxygen atoms in total. The molecular formula is C19H26ClN3O6S. The normalized spacial score (nSPS) is 16.8. The Morgan fingerprint density at radius 3 is 2.67 bits per heavy atom. The average Bonchev–Trinajstić information content (AvgIpc) is 2.73. The molecule has 0 saturated carbocycles. The Hall–Kier alpha value is -2.17. The molecule has 0 bridgehead atoms. The summed E-state index contributed by atoms with van der Waals surface area (Å²) >= 11 is 6.09. The molecule has 166 valence electrons. The Morgan fingerprint density at radius 1 is 1.33 bits per heavy atom. The first-order valence-electron chi connectivity index (χ1n) is 9.53. The molecule has 2 rings (SSSR count). The van der Waals surface area contributed by atoms with Crippen molar-refractivity contribution in [3.8, 4) is 0 Å². The summed E-state index contributed by atoms with van der Waals surface area (Å²) in [5.74, 6) is -1.59. The van der Waals surface area contributed by atoms with Gasteiger partial charge in [-0.2, -0.15) is 0 Å². The highest BCUT2D eigenvalue weighted by Gasteiger charge is 2.30. The standard InChI is InChI=1S/C19H26ClN3O6S/c1-4-29-19(26)13-6-5-9-23(11-13)17(24)12-22(3)18(25)15-10-14(7-8-16(15)20)30(27,28)21-2/h7-8,10,13,21H,4-6,9,11-12H2,1-3H3. The number of nitrogens with zero attached hydrogens (tertiary/aromatic N) is 2. The van der Waals surface area contributed by atoms with Crippen LogP contribution in [0.4, 0.5) is 0 Å². The SMILES string of the molecule is CCOC(=O)C1CCCN(C(=O)CN(C)C(=O)c2cc(S(=O)(=O)NC)ccc2Cl)C1. The van der Waals surface area contributed by atoms with Gasteiger partial charge in [0.2, 0.25) is 15.9 Å². The van der Waals surface area contributed by atoms with Crippen molar-refractivity contribution in [3.63, 3.8) is 0 Å². The minimum Gasteiger partial charge on any atom is -0.466 e. The Balaban J connectivity index is 2.09. The summed E-state index contributed by atoms with van der Waals surface area (Å²) in [7, 11) is -1.06. The van der Waals surface area contributed by atoms with Gasteiger partial charge >= 0.3 is 5.97 Å². The fraction of sp³-hybridized carbons (Fsp3) is 0.526. The number of halogens is 1. The zero-order valence-electron chi connectivity index (χ0n) is 17.2. The molecule has 11 heteroatoms. The van der Waals surface area contributed by atoms with Gasteiger partial charge in [-0.25, -0.2) is 13.1 Å². The Kier molecular flexibility index (Phi) is 8.22. The molecule has 1 fully saturated rings. The van der Waals surface area contributed by atoms with E-state index in [1.165, 1.54) is 37.2 Å². The molecule has 0 aromatic heterocycles. The monoisotopic (exact) mass is 459 g/mol. The van der Waals surface area contributed by atoms with Crippen LogP contribution in [0, 0.1) is 5.92 Å². The maximum absolute atomic E-state index is 12.8. The lowest BCUT2D eigenvalue weighted by Gasteiger charge is -2.32. The number of amides is 2. The first-order valence-corrected chi connectivity index (χ1v) is 11.4. The van der Waals surface area contributed by atoms with Gasteiger partial charge in [-0.1, -0.05) is 11.6 Å². The molecule has 1 aromatic carbocycles. The van der Waals surface area contributed by atoms with Crippen molar-refractivity contribution in [1.29, 1.82) is 0 Å². The quantitative estimate of drug-likeness (QED) is 0.611. The van der Waals surface area contributed by atoms with Gasteiger partial charge < -0.3 is 14.5 Å². The van der Waals surface area contributed by atoms with E-state index >= 15 is 0 Å². The van der Waals surface area contributed by atoms with Gasteiger partial charge in [0.15, 0.2) is 0 Å². The number of carbonyl (C=O) groups is 3. The highest BCUT2D eigenvalue weighted by atomic mass is 35.5. The first kappa shape index (κ1) is 24.1. The summed E-state index contributed by atoms with van der Waals surface area (Å²) in [6, 6.07) is 3.79. The number of sulfonamides is 1. The molecule has 0 aliphatic carbocycles. The molecule has 1 aliphatic rings. The zero-order valence-corrected chi connectivity index (χ0v) is 18.8. The van der Waals surface area contributed by atoms with Crippen molar-refractivity contribution in [1.82, 2.24) is 14.5 Å². The Bertz CT molecular complexity index is 921. The minimum atomic E-state index is -3.75. The van der Waals surface area contributed by atoms with Crippen LogP contribution in [0.15, 0.2) is 23.1 Å². The molecule has 1 aliphatic heterocycles. The largest absolute Gasteiger partial charge is 0.466 e. The van der Waals surface area contributed by atoms with Crippen molar-refractivity contribution >= 4 is 39.4 Å². The third kappa shape index (κ3) is 5.71. The summed E-state index contributed by atoms with van der Waals surface area (Å²) in [5, 5.41) is 0.0784. The van der Waals surface area contributed by atoms with Gasteiger partial charge in [0, 0.05) is 20.1 Å². The fourth-order valence-corrected chi connectivity index (χ4v) is 4.14. The predicted octanol–water partition coefficient (Wildman–Crippen LogP) is 1.12. The van der Waals surface area contributed by atoms with E-state index in [0.717, 1.165) is 0 Å². The second-order valence-corrected chi connectivity index (χ2v) is 9.24. The molecule has 0 spiro atoms. The van der Waals surface area contributed by atoms with Crippen molar-refractivity contribution in [2.24, 2.45) is 5.92 Å². The van der Waals surface area contributed by atoms with Crippen LogP contribution < -0.4 is 4.72 Å². The fourth-order valence-electron chi connectivity index (χ4n) is 3.19. The van der Waals surface area contributed by atoms with Gasteiger partial charge in [-0.05, 0) is 45.0 Å². The molecular weight excluding hydrogens is 434 g/mol. The molecule has 2 amide bonds. The summed E-state index contributed by atoms with van der Waals surface area (Å²) < 4.78 is 31.2. The number of rotatable bonds is 7. The highest BCUT2D eigenvalue weighted by Crippen LogP contribution is 2.22. The number of likely N-dealkylation sites (N-methyl/N-ethyl adjacent to an activating group) is 1. The van der Waals surface area contributed by atoms with E-state index in [1.54, 1.807) is 11.8 Å². The second-order valence-electron chi connectivity index (χ2n) is 6.94. The second kappa shape index (κ2) is 10.2. The first-order chi connectivity index (χ1) is 14.1. The van der Waals surface area contributed by atoms with Crippen molar-refractivity contribution in [2.75, 3.05) is 40.3 Å². The van der Waals surface area contributed by atoms with Crippen molar-refractivity contribution < 1.29 is 27.5 Å². The Labute approximate surface area is 181 Å². The van der Waals surface area contributed by atoms with E-state index in [1.807, 2.05) is 0 Å². The van der Waals surface area contributed by atoms with Crippen LogP contribution in [0.3, 0.4) is 0 Å². The van der Waals surface area contributed by atoms with E-state index in [2.05, 4.69) is 4.72 Å². The number of nitrogens with one attached hydrogen (secondary N) is 1. The predicted molar refractivity (Wildman–Crippen MR) is 111 cm³/mol. The Morgan fingerprint density at radius 2 is 2.03 bits per heavy atom. The van der Waals surface area contributed by atoms with Gasteiger partial charge in [0.1, 0.15) is 0 Å². The van der Waals surface area contributed by atoms with E-state index in [-0.39, 0.29) is 53.0 Å². The topological polar surface area (TPSA) is 113 Å². The summed E-state index contributed by atoms with van der Waals surface area (Å²) in [6.07, 6.45) is 1.32. The average molecular weight is 460 g/mol. The third-order valence-corrected chi connectivity index (χ3v) is 6.60. The number of hydrogen-bond acceptors (Lipinski definition) is 6. The van der Waals surface area contributed by atoms with Gasteiger partial charge in [-0.15, -0.1) is 0 Å². The molecule has 0 radical (unpaired) electrons. The summed E-state index contributed by atoms with van der Waals surface area (Å²) in [5.41, 5.74) is -0.0219. The lowest BCUT2D eigenvalue weighted by Crippen LogP contribution is -2.47. The highest BCUT2D eigenvalue weighted by molar-refractivity contribution is 7.89. The molecule has 1 unspecified atom stereocenters. The molecule has 1 heterocycles. The third-order valence-electron chi connectivity index (χ3n) is 4.86. The number of benzene rings is 1. The van der Waals surface area contributed by atoms with Crippen LogP contribution in [0.25, 0.3) is 0 Å². The lowest BCUT2D eigenvalue weighted by molar-refractivity contribution is -0.151. The molecule has 30 heavy (non-hydrogen) atoms. The van der Waals surface area contributed by atoms with E-state index in [4.69, 9.17) is 16.3 Å². The summed E-state index contributed by atoms with van der Waals surface area (Å²) in [6.45, 7) is 2.52. The smallest absolute Gasteiger partial charge is 0.310 e. The van der Waals surface area contributed by atoms with E-state index < -0.39 is 15.9 Å². The maximum Gasteiger partial charge on any atom is 0.310 e. The molecule has 1 atom stereocenters. The van der Waals surface area contributed by atoms with Gasteiger partial charge in [0.05, 0.1) is 34.6 Å². The van der Waals surface area contributed by atoms with Crippen molar-refractivity contribution in [2.45, 2.75) is 24.7 Å². The number of ether oxygens (including phenoxy) is 1. The van der Waals surface area contributed by atoms with Crippen molar-refractivity contribution in [3.05, 3.63) is 28.8 Å². The molecule has 1 aromatic rings. The maximum atomic E-state index is 12.8.